The normalized spacial score (nSPS) is 21.4. The summed E-state index contributed by atoms with van der Waals surface area (Å²) in [7, 11) is 0. The maximum Gasteiger partial charge on any atom is 0.253 e. The molecule has 0 bridgehead atoms. The van der Waals surface area contributed by atoms with E-state index in [9.17, 15) is 9.59 Å². The Hall–Kier alpha value is -1.07. The third-order valence-electron chi connectivity index (χ3n) is 4.01. The summed E-state index contributed by atoms with van der Waals surface area (Å²) >= 11 is 9.33. The van der Waals surface area contributed by atoms with E-state index in [2.05, 4.69) is 21.2 Å². The highest BCUT2D eigenvalue weighted by Crippen LogP contribution is 2.36. The van der Waals surface area contributed by atoms with Gasteiger partial charge in [0.1, 0.15) is 12.1 Å². The fraction of sp³-hybridized carbons (Fsp3) is 0.429. The molecule has 1 spiro atoms. The van der Waals surface area contributed by atoms with E-state index in [0.717, 1.165) is 30.2 Å². The van der Waals surface area contributed by atoms with E-state index in [-0.39, 0.29) is 18.4 Å². The molecule has 0 atom stereocenters. The van der Waals surface area contributed by atoms with Crippen LogP contribution in [0, 0.1) is 0 Å². The van der Waals surface area contributed by atoms with Crippen molar-refractivity contribution in [1.29, 1.82) is 0 Å². The van der Waals surface area contributed by atoms with Gasteiger partial charge in [-0.15, -0.1) is 0 Å². The zero-order valence-corrected chi connectivity index (χ0v) is 13.1. The highest BCUT2D eigenvalue weighted by Gasteiger charge is 2.48. The third kappa shape index (κ3) is 2.23. The van der Waals surface area contributed by atoms with E-state index in [1.54, 1.807) is 23.1 Å². The molecule has 2 aliphatic rings. The predicted molar refractivity (Wildman–Crippen MR) is 80.8 cm³/mol. The van der Waals surface area contributed by atoms with Gasteiger partial charge in [-0.1, -0.05) is 24.4 Å². The van der Waals surface area contributed by atoms with Crippen LogP contribution in [-0.2, 0) is 9.59 Å². The van der Waals surface area contributed by atoms with Crippen molar-refractivity contribution in [3.8, 4) is 0 Å². The largest absolute Gasteiger partial charge is 0.340 e. The van der Waals surface area contributed by atoms with Crippen molar-refractivity contribution >= 4 is 45.0 Å². The van der Waals surface area contributed by atoms with Gasteiger partial charge in [0.05, 0.1) is 5.02 Å². The van der Waals surface area contributed by atoms with Crippen molar-refractivity contribution in [2.75, 3.05) is 11.4 Å². The van der Waals surface area contributed by atoms with Crippen LogP contribution < -0.4 is 10.2 Å². The maximum atomic E-state index is 12.8. The van der Waals surface area contributed by atoms with Gasteiger partial charge in [-0.25, -0.2) is 0 Å². The Labute approximate surface area is 130 Å². The zero-order valence-electron chi connectivity index (χ0n) is 10.8. The molecule has 2 fully saturated rings. The molecule has 1 aromatic carbocycles. The SMILES string of the molecule is O=C1CN(c2ccc(Cl)c(Br)c2)C(=O)C2(CCCC2)N1. The Morgan fingerprint density at radius 1 is 1.25 bits per heavy atom. The minimum Gasteiger partial charge on any atom is -0.340 e. The molecule has 1 heterocycles. The fourth-order valence-electron chi connectivity index (χ4n) is 3.01. The minimum absolute atomic E-state index is 0.0103. The molecular formula is C14H14BrClN2O2. The number of piperazine rings is 1. The molecule has 6 heteroatoms. The smallest absolute Gasteiger partial charge is 0.253 e. The Morgan fingerprint density at radius 3 is 2.60 bits per heavy atom. The van der Waals surface area contributed by atoms with E-state index in [1.165, 1.54) is 0 Å². The van der Waals surface area contributed by atoms with E-state index in [0.29, 0.717) is 10.7 Å². The minimum atomic E-state index is -0.693. The number of halogens is 2. The van der Waals surface area contributed by atoms with Gasteiger partial charge in [-0.2, -0.15) is 0 Å². The first kappa shape index (κ1) is 13.9. The topological polar surface area (TPSA) is 49.4 Å². The molecule has 1 aromatic rings. The Kier molecular flexibility index (Phi) is 3.50. The van der Waals surface area contributed by atoms with Crippen LogP contribution in [-0.4, -0.2) is 23.9 Å². The van der Waals surface area contributed by atoms with E-state index >= 15 is 0 Å². The van der Waals surface area contributed by atoms with Crippen molar-refractivity contribution < 1.29 is 9.59 Å². The number of nitrogens with zero attached hydrogens (tertiary/aromatic N) is 1. The van der Waals surface area contributed by atoms with Crippen LogP contribution in [0.25, 0.3) is 0 Å². The summed E-state index contributed by atoms with van der Waals surface area (Å²) in [6.45, 7) is 0.0641. The van der Waals surface area contributed by atoms with Gasteiger partial charge in [0.2, 0.25) is 5.91 Å². The van der Waals surface area contributed by atoms with Crippen LogP contribution in [0.1, 0.15) is 25.7 Å². The average Bonchev–Trinajstić information content (AvgIpc) is 2.86. The molecule has 2 amide bonds. The fourth-order valence-corrected chi connectivity index (χ4v) is 3.50. The summed E-state index contributed by atoms with van der Waals surface area (Å²) in [6, 6.07) is 5.27. The highest BCUT2D eigenvalue weighted by atomic mass is 79.9. The average molecular weight is 358 g/mol. The molecule has 0 radical (unpaired) electrons. The number of hydrogen-bond acceptors (Lipinski definition) is 2. The first-order valence-corrected chi connectivity index (χ1v) is 7.77. The summed E-state index contributed by atoms with van der Waals surface area (Å²) in [4.78, 5) is 26.3. The van der Waals surface area contributed by atoms with Crippen molar-refractivity contribution in [1.82, 2.24) is 5.32 Å². The Balaban J connectivity index is 1.97. The third-order valence-corrected chi connectivity index (χ3v) is 5.22. The van der Waals surface area contributed by atoms with Crippen molar-refractivity contribution in [2.24, 2.45) is 0 Å². The molecule has 1 N–H and O–H groups in total. The number of anilines is 1. The van der Waals surface area contributed by atoms with Gasteiger partial charge in [-0.3, -0.25) is 9.59 Å². The van der Waals surface area contributed by atoms with Crippen molar-refractivity contribution in [2.45, 2.75) is 31.2 Å². The first-order chi connectivity index (χ1) is 9.52. The number of amides is 2. The summed E-state index contributed by atoms with van der Waals surface area (Å²) in [5.41, 5.74) is 0.00829. The second-order valence-electron chi connectivity index (χ2n) is 5.33. The van der Waals surface area contributed by atoms with E-state index in [4.69, 9.17) is 11.6 Å². The van der Waals surface area contributed by atoms with Crippen LogP contribution >= 0.6 is 27.5 Å². The molecule has 4 nitrogen and oxygen atoms in total. The van der Waals surface area contributed by atoms with Gasteiger partial charge in [0.15, 0.2) is 0 Å². The number of rotatable bonds is 1. The second kappa shape index (κ2) is 5.04. The molecule has 1 aliphatic carbocycles. The summed E-state index contributed by atoms with van der Waals surface area (Å²) in [5, 5.41) is 3.48. The number of benzene rings is 1. The number of hydrogen-bond donors (Lipinski definition) is 1. The number of nitrogens with one attached hydrogen (secondary N) is 1. The van der Waals surface area contributed by atoms with Crippen LogP contribution in [0.4, 0.5) is 5.69 Å². The van der Waals surface area contributed by atoms with Gasteiger partial charge < -0.3 is 10.2 Å². The van der Waals surface area contributed by atoms with Gasteiger partial charge >= 0.3 is 0 Å². The zero-order chi connectivity index (χ0) is 14.3. The second-order valence-corrected chi connectivity index (χ2v) is 6.59. The molecule has 1 saturated carbocycles. The van der Waals surface area contributed by atoms with Crippen LogP contribution in [0.3, 0.4) is 0 Å². The molecule has 3 rings (SSSR count). The standard InChI is InChI=1S/C14H14BrClN2O2/c15-10-7-9(3-4-11(10)16)18-8-12(19)17-14(13(18)20)5-1-2-6-14/h3-4,7H,1-2,5-6,8H2,(H,17,19). The summed E-state index contributed by atoms with van der Waals surface area (Å²) < 4.78 is 0.718. The predicted octanol–water partition coefficient (Wildman–Crippen LogP) is 2.88. The van der Waals surface area contributed by atoms with E-state index < -0.39 is 5.54 Å². The van der Waals surface area contributed by atoms with Crippen molar-refractivity contribution in [3.63, 3.8) is 0 Å². The number of carbonyl (C=O) groups is 2. The molecule has 106 valence electrons. The summed E-state index contributed by atoms with van der Waals surface area (Å²) in [6.07, 6.45) is 3.40. The summed E-state index contributed by atoms with van der Waals surface area (Å²) in [5.74, 6) is -0.110. The molecule has 0 unspecified atom stereocenters. The van der Waals surface area contributed by atoms with Gasteiger partial charge in [-0.05, 0) is 47.0 Å². The van der Waals surface area contributed by atoms with E-state index in [1.807, 2.05) is 0 Å². The van der Waals surface area contributed by atoms with Crippen LogP contribution in [0.2, 0.25) is 5.02 Å². The van der Waals surface area contributed by atoms with Gasteiger partial charge in [0, 0.05) is 10.2 Å². The molecule has 0 aromatic heterocycles. The molecular weight excluding hydrogens is 344 g/mol. The lowest BCUT2D eigenvalue weighted by Gasteiger charge is -2.39. The Bertz CT molecular complexity index is 585. The lowest BCUT2D eigenvalue weighted by molar-refractivity contribution is -0.135. The molecule has 20 heavy (non-hydrogen) atoms. The quantitative estimate of drug-likeness (QED) is 0.840. The Morgan fingerprint density at radius 2 is 1.95 bits per heavy atom. The lowest BCUT2D eigenvalue weighted by atomic mass is 9.92. The first-order valence-electron chi connectivity index (χ1n) is 6.60. The number of carbonyl (C=O) groups excluding carboxylic acids is 2. The molecule has 1 aliphatic heterocycles. The highest BCUT2D eigenvalue weighted by molar-refractivity contribution is 9.10. The van der Waals surface area contributed by atoms with Crippen LogP contribution in [0.15, 0.2) is 22.7 Å². The van der Waals surface area contributed by atoms with Crippen LogP contribution in [0.5, 0.6) is 0 Å². The molecule has 1 saturated heterocycles. The lowest BCUT2D eigenvalue weighted by Crippen LogP contribution is -2.65. The van der Waals surface area contributed by atoms with Crippen molar-refractivity contribution in [3.05, 3.63) is 27.7 Å². The van der Waals surface area contributed by atoms with Gasteiger partial charge in [0.25, 0.3) is 5.91 Å². The monoisotopic (exact) mass is 356 g/mol. The maximum absolute atomic E-state index is 12.8.